The number of nitrogens with zero attached hydrogens (tertiary/aromatic N) is 4. The number of hydrogen-bond acceptors (Lipinski definition) is 5. The Labute approximate surface area is 106 Å². The predicted octanol–water partition coefficient (Wildman–Crippen LogP) is 1.96. The van der Waals surface area contributed by atoms with Crippen LogP contribution in [0, 0.1) is 6.92 Å². The predicted molar refractivity (Wildman–Crippen MR) is 71.5 cm³/mol. The van der Waals surface area contributed by atoms with Crippen molar-refractivity contribution in [3.05, 3.63) is 42.4 Å². The van der Waals surface area contributed by atoms with Crippen LogP contribution in [-0.2, 0) is 0 Å². The van der Waals surface area contributed by atoms with Gasteiger partial charge in [0, 0.05) is 5.69 Å². The summed E-state index contributed by atoms with van der Waals surface area (Å²) in [7, 11) is 0. The van der Waals surface area contributed by atoms with Crippen LogP contribution < -0.4 is 15.8 Å². The van der Waals surface area contributed by atoms with Crippen LogP contribution in [0.5, 0.6) is 0 Å². The minimum absolute atomic E-state index is 0.0257. The Morgan fingerprint density at radius 1 is 1.22 bits per heavy atom. The Balaban J connectivity index is 2.16. The SMILES string of the molecule is Cc1ccccc1N1c2cncnc2N(N)C1C. The Morgan fingerprint density at radius 3 is 2.78 bits per heavy atom. The van der Waals surface area contributed by atoms with Crippen molar-refractivity contribution in [3.8, 4) is 0 Å². The molecule has 0 aliphatic carbocycles. The normalized spacial score (nSPS) is 18.1. The summed E-state index contributed by atoms with van der Waals surface area (Å²) < 4.78 is 0. The zero-order chi connectivity index (χ0) is 12.7. The van der Waals surface area contributed by atoms with Crippen LogP contribution in [0.15, 0.2) is 36.8 Å². The fraction of sp³-hybridized carbons (Fsp3) is 0.231. The molecule has 1 aromatic carbocycles. The van der Waals surface area contributed by atoms with E-state index in [1.54, 1.807) is 11.2 Å². The van der Waals surface area contributed by atoms with Crippen LogP contribution in [0.1, 0.15) is 12.5 Å². The van der Waals surface area contributed by atoms with Gasteiger partial charge < -0.3 is 4.90 Å². The maximum atomic E-state index is 6.07. The smallest absolute Gasteiger partial charge is 0.171 e. The average Bonchev–Trinajstić information content (AvgIpc) is 2.64. The van der Waals surface area contributed by atoms with Crippen molar-refractivity contribution in [1.82, 2.24) is 9.97 Å². The third-order valence-electron chi connectivity index (χ3n) is 3.33. The molecule has 0 amide bonds. The van der Waals surface area contributed by atoms with Gasteiger partial charge in [-0.2, -0.15) is 0 Å². The molecule has 1 atom stereocenters. The second-order valence-electron chi connectivity index (χ2n) is 4.43. The Kier molecular flexibility index (Phi) is 2.41. The number of hydrogen-bond donors (Lipinski definition) is 1. The number of rotatable bonds is 1. The third-order valence-corrected chi connectivity index (χ3v) is 3.33. The van der Waals surface area contributed by atoms with E-state index >= 15 is 0 Å². The van der Waals surface area contributed by atoms with E-state index in [2.05, 4.69) is 33.9 Å². The van der Waals surface area contributed by atoms with Crippen molar-refractivity contribution >= 4 is 17.2 Å². The highest BCUT2D eigenvalue weighted by Crippen LogP contribution is 2.41. The first-order valence-electron chi connectivity index (χ1n) is 5.89. The van der Waals surface area contributed by atoms with Gasteiger partial charge in [0.15, 0.2) is 5.82 Å². The molecule has 3 rings (SSSR count). The lowest BCUT2D eigenvalue weighted by Gasteiger charge is -2.27. The zero-order valence-electron chi connectivity index (χ0n) is 10.4. The average molecular weight is 241 g/mol. The van der Waals surface area contributed by atoms with Gasteiger partial charge in [-0.15, -0.1) is 0 Å². The third kappa shape index (κ3) is 1.44. The van der Waals surface area contributed by atoms with Gasteiger partial charge in [-0.1, -0.05) is 18.2 Å². The van der Waals surface area contributed by atoms with Gasteiger partial charge >= 0.3 is 0 Å². The summed E-state index contributed by atoms with van der Waals surface area (Å²) in [4.78, 5) is 10.5. The molecule has 92 valence electrons. The number of para-hydroxylation sites is 1. The summed E-state index contributed by atoms with van der Waals surface area (Å²) in [5.41, 5.74) is 3.28. The molecule has 2 aromatic rings. The van der Waals surface area contributed by atoms with Crippen molar-refractivity contribution in [3.63, 3.8) is 0 Å². The van der Waals surface area contributed by atoms with Crippen LogP contribution in [-0.4, -0.2) is 16.1 Å². The fourth-order valence-corrected chi connectivity index (χ4v) is 2.35. The number of nitrogens with two attached hydrogens (primary N) is 1. The summed E-state index contributed by atoms with van der Waals surface area (Å²) in [6.45, 7) is 4.14. The van der Waals surface area contributed by atoms with Crippen LogP contribution in [0.4, 0.5) is 17.2 Å². The second-order valence-corrected chi connectivity index (χ2v) is 4.43. The summed E-state index contributed by atoms with van der Waals surface area (Å²) in [6.07, 6.45) is 3.35. The molecule has 0 spiro atoms. The molecule has 1 aliphatic heterocycles. The van der Waals surface area contributed by atoms with E-state index in [1.165, 1.54) is 11.9 Å². The minimum Gasteiger partial charge on any atom is -0.315 e. The number of aromatic nitrogens is 2. The highest BCUT2D eigenvalue weighted by atomic mass is 15.6. The Morgan fingerprint density at radius 2 is 2.00 bits per heavy atom. The first-order valence-corrected chi connectivity index (χ1v) is 5.89. The van der Waals surface area contributed by atoms with Crippen molar-refractivity contribution in [2.75, 3.05) is 9.91 Å². The molecular weight excluding hydrogens is 226 g/mol. The molecule has 18 heavy (non-hydrogen) atoms. The minimum atomic E-state index is 0.0257. The van der Waals surface area contributed by atoms with E-state index in [9.17, 15) is 0 Å². The van der Waals surface area contributed by atoms with E-state index in [-0.39, 0.29) is 6.17 Å². The lowest BCUT2D eigenvalue weighted by Crippen LogP contribution is -2.43. The molecule has 1 aromatic heterocycles. The standard InChI is InChI=1S/C13H15N5/c1-9-5-3-4-6-11(9)17-10(2)18(14)13-12(17)7-15-8-16-13/h3-8,10H,14H2,1-2H3. The van der Waals surface area contributed by atoms with Gasteiger partial charge in [0.25, 0.3) is 0 Å². The molecule has 0 bridgehead atoms. The first-order chi connectivity index (χ1) is 8.70. The number of fused-ring (bicyclic) bond motifs is 1. The summed E-state index contributed by atoms with van der Waals surface area (Å²) in [6, 6.07) is 8.23. The van der Waals surface area contributed by atoms with E-state index < -0.39 is 0 Å². The van der Waals surface area contributed by atoms with Gasteiger partial charge in [-0.3, -0.25) is 5.01 Å². The number of aryl methyl sites for hydroxylation is 1. The molecular formula is C13H15N5. The Hall–Kier alpha value is -2.14. The summed E-state index contributed by atoms with van der Waals surface area (Å²) in [5.74, 6) is 6.83. The van der Waals surface area contributed by atoms with E-state index in [4.69, 9.17) is 5.84 Å². The maximum Gasteiger partial charge on any atom is 0.171 e. The number of anilines is 3. The maximum absolute atomic E-state index is 6.07. The van der Waals surface area contributed by atoms with Crippen LogP contribution in [0.25, 0.3) is 0 Å². The highest BCUT2D eigenvalue weighted by Gasteiger charge is 2.34. The molecule has 0 saturated carbocycles. The molecule has 0 saturated heterocycles. The van der Waals surface area contributed by atoms with Crippen molar-refractivity contribution in [1.29, 1.82) is 0 Å². The van der Waals surface area contributed by atoms with E-state index in [0.29, 0.717) is 0 Å². The van der Waals surface area contributed by atoms with Gasteiger partial charge in [0.1, 0.15) is 18.2 Å². The lowest BCUT2D eigenvalue weighted by atomic mass is 10.1. The molecule has 2 heterocycles. The van der Waals surface area contributed by atoms with Crippen LogP contribution >= 0.6 is 0 Å². The molecule has 5 heteroatoms. The van der Waals surface area contributed by atoms with E-state index in [0.717, 1.165) is 17.2 Å². The lowest BCUT2D eigenvalue weighted by molar-refractivity contribution is 0.692. The second kappa shape index (κ2) is 3.96. The molecule has 0 fully saturated rings. The van der Waals surface area contributed by atoms with Crippen molar-refractivity contribution in [2.24, 2.45) is 5.84 Å². The largest absolute Gasteiger partial charge is 0.315 e. The van der Waals surface area contributed by atoms with Gasteiger partial charge in [0.05, 0.1) is 6.20 Å². The topological polar surface area (TPSA) is 58.3 Å². The molecule has 5 nitrogen and oxygen atoms in total. The zero-order valence-corrected chi connectivity index (χ0v) is 10.4. The summed E-state index contributed by atoms with van der Waals surface area (Å²) in [5, 5.41) is 1.67. The quantitative estimate of drug-likeness (QED) is 0.773. The first kappa shape index (κ1) is 11.0. The monoisotopic (exact) mass is 241 g/mol. The summed E-state index contributed by atoms with van der Waals surface area (Å²) >= 11 is 0. The van der Waals surface area contributed by atoms with Crippen molar-refractivity contribution in [2.45, 2.75) is 20.0 Å². The number of hydrazine groups is 1. The van der Waals surface area contributed by atoms with Gasteiger partial charge in [-0.25, -0.2) is 15.8 Å². The molecule has 1 unspecified atom stereocenters. The van der Waals surface area contributed by atoms with Crippen molar-refractivity contribution < 1.29 is 0 Å². The van der Waals surface area contributed by atoms with Crippen LogP contribution in [0.3, 0.4) is 0 Å². The number of benzene rings is 1. The fourth-order valence-electron chi connectivity index (χ4n) is 2.35. The Bertz CT molecular complexity index is 583. The van der Waals surface area contributed by atoms with Gasteiger partial charge in [-0.05, 0) is 25.5 Å². The van der Waals surface area contributed by atoms with Gasteiger partial charge in [0.2, 0.25) is 0 Å². The molecule has 2 N–H and O–H groups in total. The molecule has 0 radical (unpaired) electrons. The van der Waals surface area contributed by atoms with E-state index in [1.807, 2.05) is 19.1 Å². The van der Waals surface area contributed by atoms with Crippen LogP contribution in [0.2, 0.25) is 0 Å². The molecule has 1 aliphatic rings. The highest BCUT2D eigenvalue weighted by molar-refractivity contribution is 5.80.